The van der Waals surface area contributed by atoms with Crippen LogP contribution in [0.3, 0.4) is 0 Å². The van der Waals surface area contributed by atoms with Gasteiger partial charge in [-0.05, 0) is 49.4 Å². The van der Waals surface area contributed by atoms with Crippen molar-refractivity contribution in [1.29, 1.82) is 0 Å². The fourth-order valence-electron chi connectivity index (χ4n) is 5.56. The van der Waals surface area contributed by atoms with E-state index in [1.54, 1.807) is 0 Å². The predicted molar refractivity (Wildman–Crippen MR) is 93.6 cm³/mol. The van der Waals surface area contributed by atoms with Gasteiger partial charge in [0.15, 0.2) is 0 Å². The summed E-state index contributed by atoms with van der Waals surface area (Å²) in [7, 11) is 0. The lowest BCUT2D eigenvalue weighted by molar-refractivity contribution is -0.151. The molecule has 3 fully saturated rings. The molecule has 1 heterocycles. The zero-order valence-corrected chi connectivity index (χ0v) is 15.2. The third kappa shape index (κ3) is 2.86. The van der Waals surface area contributed by atoms with E-state index in [4.69, 9.17) is 4.74 Å². The lowest BCUT2D eigenvalue weighted by atomic mass is 9.46. The predicted octanol–water partition coefficient (Wildman–Crippen LogP) is 1.96. The summed E-state index contributed by atoms with van der Waals surface area (Å²) in [5.74, 6) is -0.0734. The van der Waals surface area contributed by atoms with Crippen LogP contribution >= 0.6 is 0 Å². The van der Waals surface area contributed by atoms with Crippen LogP contribution in [0.1, 0.15) is 46.0 Å². The summed E-state index contributed by atoms with van der Waals surface area (Å²) in [4.78, 5) is 11.8. The molecule has 140 valence electrons. The van der Waals surface area contributed by atoms with Crippen molar-refractivity contribution in [2.24, 2.45) is 22.7 Å². The summed E-state index contributed by atoms with van der Waals surface area (Å²) in [6.07, 6.45) is 4.42. The summed E-state index contributed by atoms with van der Waals surface area (Å²) in [5, 5.41) is 30.4. The highest BCUT2D eigenvalue weighted by atomic mass is 16.6. The van der Waals surface area contributed by atoms with Gasteiger partial charge in [0.2, 0.25) is 0 Å². The van der Waals surface area contributed by atoms with E-state index in [1.165, 1.54) is 0 Å². The standard InChI is InChI=1S/C20H30O5/c1-12-4-7-16-19(2,9-8-17(23)20(16,3)11-21)14(12)6-5-13-15(22)10-25-18(13)24/h5,14-17,21-23H,1,4,6-11H2,2-3H3/b13-5+/t14-,15-,16-,17-,19+,20+/m1/s1. The number of cyclic esters (lactones) is 1. The largest absolute Gasteiger partial charge is 0.459 e. The fraction of sp³-hybridized carbons (Fsp3) is 0.750. The van der Waals surface area contributed by atoms with Gasteiger partial charge in [-0.2, -0.15) is 0 Å². The molecule has 5 nitrogen and oxygen atoms in total. The Morgan fingerprint density at radius 2 is 2.04 bits per heavy atom. The van der Waals surface area contributed by atoms with Crippen LogP contribution in [0, 0.1) is 22.7 Å². The van der Waals surface area contributed by atoms with E-state index in [0.717, 1.165) is 24.8 Å². The number of allylic oxidation sites excluding steroid dienone is 2. The van der Waals surface area contributed by atoms with Crippen LogP contribution in [0.15, 0.2) is 23.8 Å². The molecule has 1 aliphatic heterocycles. The van der Waals surface area contributed by atoms with Gasteiger partial charge in [0, 0.05) is 5.41 Å². The van der Waals surface area contributed by atoms with Crippen molar-refractivity contribution in [1.82, 2.24) is 0 Å². The lowest BCUT2D eigenvalue weighted by Crippen LogP contribution is -2.57. The molecule has 0 aromatic rings. The molecule has 0 bridgehead atoms. The van der Waals surface area contributed by atoms with Crippen molar-refractivity contribution < 1.29 is 24.9 Å². The molecular formula is C20H30O5. The van der Waals surface area contributed by atoms with E-state index in [1.807, 2.05) is 13.0 Å². The molecule has 3 aliphatic rings. The maximum Gasteiger partial charge on any atom is 0.336 e. The van der Waals surface area contributed by atoms with Gasteiger partial charge < -0.3 is 20.1 Å². The molecule has 0 aromatic carbocycles. The van der Waals surface area contributed by atoms with Gasteiger partial charge in [0.1, 0.15) is 12.7 Å². The fourth-order valence-corrected chi connectivity index (χ4v) is 5.56. The van der Waals surface area contributed by atoms with E-state index >= 15 is 0 Å². The van der Waals surface area contributed by atoms with Crippen LogP contribution < -0.4 is 0 Å². The Hall–Kier alpha value is -1.17. The summed E-state index contributed by atoms with van der Waals surface area (Å²) in [6, 6.07) is 0. The minimum Gasteiger partial charge on any atom is -0.459 e. The van der Waals surface area contributed by atoms with Gasteiger partial charge in [0.25, 0.3) is 0 Å². The normalized spacial score (nSPS) is 46.2. The second kappa shape index (κ2) is 6.53. The maximum atomic E-state index is 11.8. The number of carbonyl (C=O) groups is 1. The van der Waals surface area contributed by atoms with Gasteiger partial charge in [-0.25, -0.2) is 4.79 Å². The minimum absolute atomic E-state index is 0.0280. The molecule has 0 unspecified atom stereocenters. The maximum absolute atomic E-state index is 11.8. The number of hydrogen-bond donors (Lipinski definition) is 3. The first-order valence-corrected chi connectivity index (χ1v) is 9.26. The highest BCUT2D eigenvalue weighted by Gasteiger charge is 2.57. The molecule has 0 spiro atoms. The molecule has 3 rings (SSSR count). The van der Waals surface area contributed by atoms with Crippen molar-refractivity contribution >= 4 is 5.97 Å². The van der Waals surface area contributed by atoms with E-state index in [0.29, 0.717) is 18.4 Å². The molecule has 0 amide bonds. The topological polar surface area (TPSA) is 87.0 Å². The molecule has 0 aromatic heterocycles. The first kappa shape index (κ1) is 18.6. The number of aliphatic hydroxyl groups excluding tert-OH is 3. The van der Waals surface area contributed by atoms with E-state index in [-0.39, 0.29) is 30.5 Å². The van der Waals surface area contributed by atoms with E-state index in [9.17, 15) is 20.1 Å². The van der Waals surface area contributed by atoms with Gasteiger partial charge in [-0.1, -0.05) is 32.1 Å². The van der Waals surface area contributed by atoms with Crippen LogP contribution in [0.5, 0.6) is 0 Å². The van der Waals surface area contributed by atoms with Gasteiger partial charge in [-0.15, -0.1) is 0 Å². The molecular weight excluding hydrogens is 320 g/mol. The Bertz CT molecular complexity index is 597. The molecule has 25 heavy (non-hydrogen) atoms. The molecule has 1 saturated heterocycles. The second-order valence-electron chi connectivity index (χ2n) is 8.54. The minimum atomic E-state index is -0.844. The van der Waals surface area contributed by atoms with Crippen molar-refractivity contribution in [2.75, 3.05) is 13.2 Å². The number of rotatable bonds is 3. The Kier molecular flexibility index (Phi) is 4.86. The summed E-state index contributed by atoms with van der Waals surface area (Å²) < 4.78 is 4.90. The lowest BCUT2D eigenvalue weighted by Gasteiger charge is -2.59. The Morgan fingerprint density at radius 1 is 1.32 bits per heavy atom. The van der Waals surface area contributed by atoms with E-state index < -0.39 is 23.6 Å². The number of esters is 1. The van der Waals surface area contributed by atoms with E-state index in [2.05, 4.69) is 13.5 Å². The van der Waals surface area contributed by atoms with Gasteiger partial charge in [-0.3, -0.25) is 0 Å². The number of carbonyl (C=O) groups excluding carboxylic acids is 1. The molecule has 2 saturated carbocycles. The van der Waals surface area contributed by atoms with Gasteiger partial charge >= 0.3 is 5.97 Å². The van der Waals surface area contributed by atoms with Gasteiger partial charge in [0.05, 0.1) is 18.3 Å². The molecule has 2 aliphatic carbocycles. The molecule has 6 atom stereocenters. The average Bonchev–Trinajstić information content (AvgIpc) is 2.89. The highest BCUT2D eigenvalue weighted by Crippen LogP contribution is 2.61. The zero-order valence-electron chi connectivity index (χ0n) is 15.2. The Morgan fingerprint density at radius 3 is 2.64 bits per heavy atom. The molecule has 0 radical (unpaired) electrons. The quantitative estimate of drug-likeness (QED) is 0.411. The van der Waals surface area contributed by atoms with Crippen molar-refractivity contribution in [3.8, 4) is 0 Å². The van der Waals surface area contributed by atoms with Crippen LogP contribution in [-0.4, -0.2) is 46.7 Å². The van der Waals surface area contributed by atoms with Crippen LogP contribution in [0.2, 0.25) is 0 Å². The number of hydrogen-bond acceptors (Lipinski definition) is 5. The highest BCUT2D eigenvalue weighted by molar-refractivity contribution is 5.91. The summed E-state index contributed by atoms with van der Waals surface area (Å²) in [6.45, 7) is 8.50. The molecule has 5 heteroatoms. The van der Waals surface area contributed by atoms with Crippen LogP contribution in [0.4, 0.5) is 0 Å². The molecule has 3 N–H and O–H groups in total. The third-order valence-electron chi connectivity index (χ3n) is 7.23. The van der Waals surface area contributed by atoms with Crippen LogP contribution in [-0.2, 0) is 9.53 Å². The smallest absolute Gasteiger partial charge is 0.336 e. The first-order chi connectivity index (χ1) is 11.7. The summed E-state index contributed by atoms with van der Waals surface area (Å²) >= 11 is 0. The Labute approximate surface area is 149 Å². The Balaban J connectivity index is 1.89. The third-order valence-corrected chi connectivity index (χ3v) is 7.23. The van der Waals surface area contributed by atoms with Crippen molar-refractivity contribution in [2.45, 2.75) is 58.2 Å². The number of aliphatic hydroxyl groups is 3. The summed E-state index contributed by atoms with van der Waals surface area (Å²) in [5.41, 5.74) is 0.911. The van der Waals surface area contributed by atoms with Crippen molar-refractivity contribution in [3.05, 3.63) is 23.8 Å². The average molecular weight is 350 g/mol. The monoisotopic (exact) mass is 350 g/mol. The van der Waals surface area contributed by atoms with Crippen molar-refractivity contribution in [3.63, 3.8) is 0 Å². The number of fused-ring (bicyclic) bond motifs is 1. The van der Waals surface area contributed by atoms with Crippen LogP contribution in [0.25, 0.3) is 0 Å². The SMILES string of the molecule is C=C1CC[C@H]2[C@](C)(CO)[C@H](O)CC[C@@]2(C)[C@@H]1C/C=C1/C(=O)OC[C@H]1O. The first-order valence-electron chi connectivity index (χ1n) is 9.26. The zero-order chi connectivity index (χ0) is 18.4. The number of ether oxygens (including phenoxy) is 1. The second-order valence-corrected chi connectivity index (χ2v) is 8.54.